The van der Waals surface area contributed by atoms with E-state index in [2.05, 4.69) is 21.3 Å². The fourth-order valence-corrected chi connectivity index (χ4v) is 4.60. The van der Waals surface area contributed by atoms with Crippen LogP contribution in [0.3, 0.4) is 0 Å². The van der Waals surface area contributed by atoms with Crippen LogP contribution < -0.4 is 0 Å². The quantitative estimate of drug-likeness (QED) is 0.327. The average Bonchev–Trinajstić information content (AvgIpc) is 3.48. The summed E-state index contributed by atoms with van der Waals surface area (Å²) in [5.41, 5.74) is 5.28. The van der Waals surface area contributed by atoms with Crippen LogP contribution in [0.15, 0.2) is 60.0 Å². The molecule has 1 saturated carbocycles. The fourth-order valence-electron chi connectivity index (χ4n) is 4.44. The Morgan fingerprint density at radius 1 is 1.00 bits per heavy atom. The summed E-state index contributed by atoms with van der Waals surface area (Å²) in [4.78, 5) is 13.8. The topological polar surface area (TPSA) is 56.0 Å². The molecule has 0 radical (unpaired) electrons. The molecule has 4 heterocycles. The summed E-state index contributed by atoms with van der Waals surface area (Å²) in [5, 5.41) is 4.36. The van der Waals surface area contributed by atoms with E-state index in [4.69, 9.17) is 16.6 Å². The summed E-state index contributed by atoms with van der Waals surface area (Å²) in [7, 11) is 0. The third-order valence-corrected chi connectivity index (χ3v) is 6.80. The molecule has 2 aliphatic rings. The normalized spacial score (nSPS) is 16.0. The zero-order chi connectivity index (χ0) is 23.2. The maximum Gasteiger partial charge on any atom is 0.144 e. The molecular formula is C26H20ClF2N5. The molecule has 0 saturated heterocycles. The van der Waals surface area contributed by atoms with Crippen LogP contribution in [-0.4, -0.2) is 32.0 Å². The zero-order valence-electron chi connectivity index (χ0n) is 18.2. The fraction of sp³-hybridized carbons (Fsp3) is 0.231. The average molecular weight is 476 g/mol. The molecule has 4 aromatic rings. The van der Waals surface area contributed by atoms with Crippen LogP contribution in [-0.2, 0) is 6.54 Å². The van der Waals surface area contributed by atoms with E-state index in [0.29, 0.717) is 29.0 Å². The summed E-state index contributed by atoms with van der Waals surface area (Å²) in [6.07, 6.45) is 11.5. The van der Waals surface area contributed by atoms with Gasteiger partial charge < -0.3 is 0 Å². The van der Waals surface area contributed by atoms with E-state index in [9.17, 15) is 8.78 Å². The predicted molar refractivity (Wildman–Crippen MR) is 129 cm³/mol. The molecule has 6 rings (SSSR count). The maximum absolute atomic E-state index is 14.5. The van der Waals surface area contributed by atoms with E-state index in [-0.39, 0.29) is 10.6 Å². The van der Waals surface area contributed by atoms with E-state index in [1.807, 2.05) is 41.4 Å². The third kappa shape index (κ3) is 3.80. The first-order valence-corrected chi connectivity index (χ1v) is 11.6. The first-order chi connectivity index (χ1) is 16.5. The molecule has 1 aliphatic heterocycles. The first kappa shape index (κ1) is 21.1. The van der Waals surface area contributed by atoms with Gasteiger partial charge in [-0.3, -0.25) is 14.7 Å². The van der Waals surface area contributed by atoms with E-state index in [0.717, 1.165) is 35.2 Å². The summed E-state index contributed by atoms with van der Waals surface area (Å²) in [6.45, 7) is 1.33. The lowest BCUT2D eigenvalue weighted by atomic mass is 9.85. The van der Waals surface area contributed by atoms with Crippen LogP contribution >= 0.6 is 11.6 Å². The molecule has 8 heteroatoms. The zero-order valence-corrected chi connectivity index (χ0v) is 18.9. The van der Waals surface area contributed by atoms with Crippen LogP contribution in [0.25, 0.3) is 27.7 Å². The van der Waals surface area contributed by atoms with Crippen molar-refractivity contribution in [2.75, 3.05) is 6.54 Å². The highest BCUT2D eigenvalue weighted by atomic mass is 35.5. The number of halogens is 3. The molecule has 0 spiro atoms. The van der Waals surface area contributed by atoms with Crippen molar-refractivity contribution in [3.63, 3.8) is 0 Å². The number of fused-ring (bicyclic) bond motifs is 1. The van der Waals surface area contributed by atoms with Crippen molar-refractivity contribution < 1.29 is 8.78 Å². The third-order valence-electron chi connectivity index (χ3n) is 6.51. The highest BCUT2D eigenvalue weighted by Crippen LogP contribution is 2.31. The molecule has 0 bridgehead atoms. The Balaban J connectivity index is 1.33. The largest absolute Gasteiger partial charge is 0.280 e. The van der Waals surface area contributed by atoms with Gasteiger partial charge in [-0.15, -0.1) is 0 Å². The van der Waals surface area contributed by atoms with Gasteiger partial charge in [-0.05, 0) is 43.0 Å². The highest BCUT2D eigenvalue weighted by molar-refractivity contribution is 6.35. The Bertz CT molecular complexity index is 1490. The van der Waals surface area contributed by atoms with Crippen molar-refractivity contribution >= 4 is 33.9 Å². The predicted octanol–water partition coefficient (Wildman–Crippen LogP) is 6.11. The van der Waals surface area contributed by atoms with Gasteiger partial charge in [-0.25, -0.2) is 13.8 Å². The molecule has 0 amide bonds. The standard InChI is InChI=1S/C26H20ClF2N5/c27-20-9-19(21(28)10-22(20)29)26-18(6-7-30-26)23-4-5-24-25(33-23)8-16(11-31-24)17-12-32-34(14-17)13-15-2-1-3-15/h4-6,8-12,14-15H,1-3,7,13H2. The highest BCUT2D eigenvalue weighted by Gasteiger charge is 2.22. The van der Waals surface area contributed by atoms with Gasteiger partial charge in [0, 0.05) is 47.3 Å². The summed E-state index contributed by atoms with van der Waals surface area (Å²) >= 11 is 5.91. The van der Waals surface area contributed by atoms with Crippen LogP contribution in [0.2, 0.25) is 5.02 Å². The summed E-state index contributed by atoms with van der Waals surface area (Å²) in [6, 6.07) is 7.75. The molecule has 3 aromatic heterocycles. The number of nitrogens with zero attached hydrogens (tertiary/aromatic N) is 5. The van der Waals surface area contributed by atoms with Crippen LogP contribution in [0.1, 0.15) is 30.5 Å². The number of aromatic nitrogens is 4. The smallest absolute Gasteiger partial charge is 0.144 e. The number of hydrogen-bond donors (Lipinski definition) is 0. The Labute approximate surface area is 199 Å². The molecule has 0 N–H and O–H groups in total. The van der Waals surface area contributed by atoms with Crippen molar-refractivity contribution in [2.45, 2.75) is 25.8 Å². The molecule has 0 unspecified atom stereocenters. The Morgan fingerprint density at radius 3 is 2.71 bits per heavy atom. The molecule has 1 fully saturated rings. The van der Waals surface area contributed by atoms with Gasteiger partial charge in [0.15, 0.2) is 0 Å². The monoisotopic (exact) mass is 475 g/mol. The molecule has 34 heavy (non-hydrogen) atoms. The number of aliphatic imine (C=N–C) groups is 1. The van der Waals surface area contributed by atoms with Crippen molar-refractivity contribution in [1.29, 1.82) is 0 Å². The second kappa shape index (κ2) is 8.40. The number of pyridine rings is 2. The molecule has 1 aromatic carbocycles. The lowest BCUT2D eigenvalue weighted by molar-refractivity contribution is 0.266. The van der Waals surface area contributed by atoms with Crippen LogP contribution in [0, 0.1) is 17.6 Å². The van der Waals surface area contributed by atoms with Crippen molar-refractivity contribution in [3.05, 3.63) is 82.9 Å². The lowest BCUT2D eigenvalue weighted by Gasteiger charge is -2.24. The van der Waals surface area contributed by atoms with Gasteiger partial charge in [0.05, 0.1) is 40.2 Å². The number of allylic oxidation sites excluding steroid dienone is 1. The van der Waals surface area contributed by atoms with Crippen LogP contribution in [0.5, 0.6) is 0 Å². The molecule has 1 aliphatic carbocycles. The first-order valence-electron chi connectivity index (χ1n) is 11.2. The SMILES string of the molecule is Fc1cc(F)c(C2=NCC=C2c2ccc3ncc(-c4cnn(CC5CCC5)c4)cc3n2)cc1Cl. The van der Waals surface area contributed by atoms with Crippen molar-refractivity contribution in [2.24, 2.45) is 10.9 Å². The summed E-state index contributed by atoms with van der Waals surface area (Å²) in [5.74, 6) is -0.786. The lowest BCUT2D eigenvalue weighted by Crippen LogP contribution is -2.18. The Hall–Kier alpha value is -3.45. The Morgan fingerprint density at radius 2 is 1.88 bits per heavy atom. The van der Waals surface area contributed by atoms with E-state index in [1.54, 1.807) is 0 Å². The minimum absolute atomic E-state index is 0.150. The van der Waals surface area contributed by atoms with Gasteiger partial charge in [0.1, 0.15) is 11.6 Å². The number of benzene rings is 1. The minimum atomic E-state index is -0.800. The van der Waals surface area contributed by atoms with Gasteiger partial charge in [-0.2, -0.15) is 5.10 Å². The van der Waals surface area contributed by atoms with Crippen LogP contribution in [0.4, 0.5) is 8.78 Å². The molecular weight excluding hydrogens is 456 g/mol. The number of hydrogen-bond acceptors (Lipinski definition) is 4. The summed E-state index contributed by atoms with van der Waals surface area (Å²) < 4.78 is 30.2. The van der Waals surface area contributed by atoms with Gasteiger partial charge in [0.25, 0.3) is 0 Å². The Kier molecular flexibility index (Phi) is 5.21. The molecule has 0 atom stereocenters. The second-order valence-electron chi connectivity index (χ2n) is 8.76. The number of rotatable bonds is 5. The minimum Gasteiger partial charge on any atom is -0.280 e. The van der Waals surface area contributed by atoms with Crippen molar-refractivity contribution in [1.82, 2.24) is 19.7 Å². The van der Waals surface area contributed by atoms with Gasteiger partial charge in [0.2, 0.25) is 0 Å². The molecule has 170 valence electrons. The maximum atomic E-state index is 14.5. The van der Waals surface area contributed by atoms with Gasteiger partial charge in [-0.1, -0.05) is 24.1 Å². The van der Waals surface area contributed by atoms with Gasteiger partial charge >= 0.3 is 0 Å². The van der Waals surface area contributed by atoms with Crippen molar-refractivity contribution in [3.8, 4) is 11.1 Å². The second-order valence-corrected chi connectivity index (χ2v) is 9.17. The van der Waals surface area contributed by atoms with E-state index >= 15 is 0 Å². The molecule has 5 nitrogen and oxygen atoms in total. The van der Waals surface area contributed by atoms with E-state index in [1.165, 1.54) is 25.3 Å². The van der Waals surface area contributed by atoms with E-state index < -0.39 is 11.6 Å².